The van der Waals surface area contributed by atoms with Gasteiger partial charge in [0.2, 0.25) is 0 Å². The maximum Gasteiger partial charge on any atom is 0.404 e. The minimum Gasteiger partial charge on any atom is -0.465 e. The van der Waals surface area contributed by atoms with E-state index in [1.807, 2.05) is 50.7 Å². The van der Waals surface area contributed by atoms with Gasteiger partial charge in [-0.25, -0.2) is 9.78 Å². The van der Waals surface area contributed by atoms with Gasteiger partial charge in [0.25, 0.3) is 11.5 Å². The summed E-state index contributed by atoms with van der Waals surface area (Å²) < 4.78 is 1.92. The first-order valence-electron chi connectivity index (χ1n) is 13.4. The largest absolute Gasteiger partial charge is 0.465 e. The van der Waals surface area contributed by atoms with Gasteiger partial charge in [-0.15, -0.1) is 0 Å². The van der Waals surface area contributed by atoms with Gasteiger partial charge in [0.1, 0.15) is 5.82 Å². The lowest BCUT2D eigenvalue weighted by Gasteiger charge is -2.39. The van der Waals surface area contributed by atoms with Crippen LogP contribution in [-0.4, -0.2) is 50.3 Å². The molecule has 1 aliphatic rings. The van der Waals surface area contributed by atoms with Crippen molar-refractivity contribution in [2.45, 2.75) is 72.0 Å². The molecule has 10 nitrogen and oxygen atoms in total. The van der Waals surface area contributed by atoms with Crippen LogP contribution < -0.4 is 21.1 Å². The predicted octanol–water partition coefficient (Wildman–Crippen LogP) is 4.04. The minimum absolute atomic E-state index is 0.0350. The average molecular weight is 535 g/mol. The molecule has 0 radical (unpaired) electrons. The fraction of sp³-hybridized carbons (Fsp3) is 0.448. The molecule has 0 aliphatic heterocycles. The molecule has 2 heterocycles. The molecule has 0 bridgehead atoms. The second-order valence-corrected chi connectivity index (χ2v) is 10.4. The molecule has 1 aromatic carbocycles. The Hall–Kier alpha value is -4.08. The number of hydrogen-bond donors (Lipinski definition) is 4. The van der Waals surface area contributed by atoms with E-state index in [2.05, 4.69) is 38.5 Å². The summed E-state index contributed by atoms with van der Waals surface area (Å²) in [5, 5.41) is 14.7. The Bertz CT molecular complexity index is 1420. The van der Waals surface area contributed by atoms with Crippen LogP contribution in [0.2, 0.25) is 0 Å². The van der Waals surface area contributed by atoms with Crippen LogP contribution in [-0.2, 0) is 13.6 Å². The van der Waals surface area contributed by atoms with Crippen molar-refractivity contribution in [2.24, 2.45) is 7.05 Å². The zero-order valence-electron chi connectivity index (χ0n) is 23.3. The molecule has 10 heteroatoms. The number of hydrogen-bond acceptors (Lipinski definition) is 5. The van der Waals surface area contributed by atoms with Gasteiger partial charge in [0.05, 0.1) is 0 Å². The summed E-state index contributed by atoms with van der Waals surface area (Å²) in [6, 6.07) is 6.04. The van der Waals surface area contributed by atoms with E-state index in [0.29, 0.717) is 11.1 Å². The minimum atomic E-state index is -0.983. The summed E-state index contributed by atoms with van der Waals surface area (Å²) in [5.74, 6) is 0.496. The number of aromatic nitrogens is 3. The topological polar surface area (TPSA) is 132 Å². The Morgan fingerprint density at radius 2 is 1.87 bits per heavy atom. The molecule has 0 atom stereocenters. The van der Waals surface area contributed by atoms with E-state index in [0.717, 1.165) is 66.1 Å². The van der Waals surface area contributed by atoms with Gasteiger partial charge < -0.3 is 30.2 Å². The summed E-state index contributed by atoms with van der Waals surface area (Å²) in [6.45, 7) is 8.62. The Labute approximate surface area is 228 Å². The third-order valence-electron chi connectivity index (χ3n) is 7.74. The number of nitrogens with zero attached hydrogens (tertiary/aromatic N) is 3. The third kappa shape index (κ3) is 6.16. The molecule has 1 aliphatic carbocycles. The maximum atomic E-state index is 13.6. The van der Waals surface area contributed by atoms with Crippen molar-refractivity contribution in [3.8, 4) is 11.4 Å². The highest BCUT2D eigenvalue weighted by Gasteiger charge is 2.28. The third-order valence-corrected chi connectivity index (χ3v) is 7.74. The number of carboxylic acid groups (broad SMARTS) is 1. The highest BCUT2D eigenvalue weighted by Crippen LogP contribution is 2.34. The van der Waals surface area contributed by atoms with E-state index in [9.17, 15) is 14.4 Å². The Kier molecular flexibility index (Phi) is 8.42. The molecule has 208 valence electrons. The van der Waals surface area contributed by atoms with Crippen LogP contribution in [0.1, 0.15) is 65.3 Å². The van der Waals surface area contributed by atoms with E-state index in [4.69, 9.17) is 5.11 Å². The van der Waals surface area contributed by atoms with Gasteiger partial charge in [-0.05, 0) is 82.7 Å². The lowest BCUT2D eigenvalue weighted by atomic mass is 9.89. The molecule has 4 rings (SSSR count). The molecule has 2 aromatic heterocycles. The molecule has 4 N–H and O–H groups in total. The summed E-state index contributed by atoms with van der Waals surface area (Å²) in [6.07, 6.45) is 5.85. The highest BCUT2D eigenvalue weighted by atomic mass is 16.4. The van der Waals surface area contributed by atoms with Crippen molar-refractivity contribution < 1.29 is 14.7 Å². The lowest BCUT2D eigenvalue weighted by molar-refractivity contribution is 0.0950. The molecule has 3 aromatic rings. The second-order valence-electron chi connectivity index (χ2n) is 10.4. The van der Waals surface area contributed by atoms with Gasteiger partial charge in [-0.2, -0.15) is 0 Å². The molecule has 39 heavy (non-hydrogen) atoms. The number of rotatable bonds is 8. The van der Waals surface area contributed by atoms with Gasteiger partial charge in [-0.3, -0.25) is 9.59 Å². The van der Waals surface area contributed by atoms with Crippen molar-refractivity contribution in [3.05, 3.63) is 68.9 Å². The fourth-order valence-electron chi connectivity index (χ4n) is 5.70. The first-order valence-corrected chi connectivity index (χ1v) is 13.4. The second kappa shape index (κ2) is 11.8. The number of aryl methyl sites for hydroxylation is 3. The van der Waals surface area contributed by atoms with Gasteiger partial charge in [0, 0.05) is 72.7 Å². The zero-order valence-corrected chi connectivity index (χ0v) is 23.3. The van der Waals surface area contributed by atoms with Gasteiger partial charge in [0.15, 0.2) is 0 Å². The van der Waals surface area contributed by atoms with Crippen LogP contribution in [0.4, 0.5) is 10.5 Å². The van der Waals surface area contributed by atoms with Crippen LogP contribution in [0.25, 0.3) is 11.4 Å². The Balaban J connectivity index is 1.67. The van der Waals surface area contributed by atoms with E-state index in [1.165, 1.54) is 0 Å². The monoisotopic (exact) mass is 534 g/mol. The van der Waals surface area contributed by atoms with E-state index in [-0.39, 0.29) is 30.1 Å². The Morgan fingerprint density at radius 1 is 1.15 bits per heavy atom. The number of imidazole rings is 1. The summed E-state index contributed by atoms with van der Waals surface area (Å²) in [7, 11) is 1.92. The molecule has 2 amide bonds. The normalized spacial score (nSPS) is 17.1. The van der Waals surface area contributed by atoms with Crippen LogP contribution in [0, 0.1) is 20.8 Å². The molecule has 1 fully saturated rings. The predicted molar refractivity (Wildman–Crippen MR) is 151 cm³/mol. The fourth-order valence-corrected chi connectivity index (χ4v) is 5.70. The molecule has 0 unspecified atom stereocenters. The van der Waals surface area contributed by atoms with Gasteiger partial charge in [-0.1, -0.05) is 0 Å². The zero-order chi connectivity index (χ0) is 28.3. The first-order chi connectivity index (χ1) is 18.6. The van der Waals surface area contributed by atoms with E-state index < -0.39 is 6.09 Å². The van der Waals surface area contributed by atoms with Crippen LogP contribution in [0.3, 0.4) is 0 Å². The van der Waals surface area contributed by atoms with Crippen molar-refractivity contribution in [2.75, 3.05) is 11.4 Å². The van der Waals surface area contributed by atoms with Gasteiger partial charge >= 0.3 is 6.09 Å². The number of H-pyrrole nitrogens is 1. The highest BCUT2D eigenvalue weighted by molar-refractivity contribution is 5.98. The molecule has 1 saturated carbocycles. The number of aromatic amines is 1. The average Bonchev–Trinajstić information content (AvgIpc) is 3.31. The smallest absolute Gasteiger partial charge is 0.404 e. The SMILES string of the molecule is CCN(c1cc(-c2nccn2C)cc(C(=O)NCc2c(C)cc(C)[nH]c2=O)c1C)[C@H]1CC[C@H](NC(=O)O)CC1. The lowest BCUT2D eigenvalue weighted by Crippen LogP contribution is -2.44. The number of pyridine rings is 1. The van der Waals surface area contributed by atoms with Crippen LogP contribution >= 0.6 is 0 Å². The van der Waals surface area contributed by atoms with Crippen LogP contribution in [0.5, 0.6) is 0 Å². The summed E-state index contributed by atoms with van der Waals surface area (Å²) in [4.78, 5) is 46.8. The number of anilines is 1. The summed E-state index contributed by atoms with van der Waals surface area (Å²) in [5.41, 5.74) is 5.13. The number of carbonyl (C=O) groups is 2. The molecular weight excluding hydrogens is 496 g/mol. The van der Waals surface area contributed by atoms with Crippen molar-refractivity contribution in [1.29, 1.82) is 0 Å². The maximum absolute atomic E-state index is 13.6. The first kappa shape index (κ1) is 27.9. The quantitative estimate of drug-likeness (QED) is 0.345. The van der Waals surface area contributed by atoms with E-state index in [1.54, 1.807) is 6.20 Å². The van der Waals surface area contributed by atoms with Crippen molar-refractivity contribution in [1.82, 2.24) is 25.2 Å². The van der Waals surface area contributed by atoms with Crippen molar-refractivity contribution >= 4 is 17.7 Å². The number of benzene rings is 1. The van der Waals surface area contributed by atoms with Crippen LogP contribution in [0.15, 0.2) is 35.4 Å². The molecule has 0 saturated heterocycles. The standard InChI is InChI=1S/C29H38N6O4/c1-6-35(22-9-7-21(8-10-22)33-29(38)39)25-15-20(26-30-11-12-34(26)5)14-23(19(25)4)27(36)31-16-24-17(2)13-18(3)32-28(24)37/h11-15,21-22,33H,6-10,16H2,1-5H3,(H,31,36)(H,32,37)(H,38,39)/t21-,22-. The molecular formula is C29H38N6O4. The number of nitrogens with one attached hydrogen (secondary N) is 3. The summed E-state index contributed by atoms with van der Waals surface area (Å²) >= 11 is 0. The number of carbonyl (C=O) groups excluding carboxylic acids is 1. The Morgan fingerprint density at radius 3 is 2.46 bits per heavy atom. The van der Waals surface area contributed by atoms with Crippen molar-refractivity contribution in [3.63, 3.8) is 0 Å². The number of amides is 2. The van der Waals surface area contributed by atoms with E-state index >= 15 is 0 Å². The molecule has 0 spiro atoms.